The highest BCUT2D eigenvalue weighted by Crippen LogP contribution is 2.25. The Bertz CT molecular complexity index is 483. The molecule has 2 amide bonds. The summed E-state index contributed by atoms with van der Waals surface area (Å²) in [6.45, 7) is 2.22. The summed E-state index contributed by atoms with van der Waals surface area (Å²) in [5.41, 5.74) is 0. The molecular formula is C14H18N2O2S2. The molecule has 2 aliphatic rings. The minimum Gasteiger partial charge on any atom is -0.339 e. The number of hydrogen-bond acceptors (Lipinski definition) is 4. The zero-order valence-electron chi connectivity index (χ0n) is 11.3. The first kappa shape index (κ1) is 13.9. The van der Waals surface area contributed by atoms with Gasteiger partial charge in [0.15, 0.2) is 0 Å². The topological polar surface area (TPSA) is 40.6 Å². The molecule has 6 heteroatoms. The molecular weight excluding hydrogens is 292 g/mol. The number of thiophene rings is 1. The Morgan fingerprint density at radius 3 is 2.85 bits per heavy atom. The fourth-order valence-corrected chi connectivity index (χ4v) is 4.36. The lowest BCUT2D eigenvalue weighted by molar-refractivity contribution is -0.141. The minimum atomic E-state index is -0.243. The van der Waals surface area contributed by atoms with E-state index in [1.54, 1.807) is 16.2 Å². The van der Waals surface area contributed by atoms with Gasteiger partial charge in [0.2, 0.25) is 11.8 Å². The number of likely N-dealkylation sites (tertiary alicyclic amines) is 1. The van der Waals surface area contributed by atoms with Gasteiger partial charge < -0.3 is 9.80 Å². The molecule has 0 saturated carbocycles. The molecule has 108 valence electrons. The van der Waals surface area contributed by atoms with Crippen LogP contribution in [0, 0.1) is 0 Å². The first-order chi connectivity index (χ1) is 9.75. The van der Waals surface area contributed by atoms with Crippen molar-refractivity contribution in [3.05, 3.63) is 22.4 Å². The summed E-state index contributed by atoms with van der Waals surface area (Å²) >= 11 is 3.53. The summed E-state index contributed by atoms with van der Waals surface area (Å²) in [5, 5.41) is 2.01. The molecule has 0 aliphatic carbocycles. The van der Waals surface area contributed by atoms with Crippen molar-refractivity contribution in [2.45, 2.75) is 25.4 Å². The summed E-state index contributed by atoms with van der Waals surface area (Å²) in [6, 6.07) is 3.77. The van der Waals surface area contributed by atoms with Gasteiger partial charge in [-0.05, 0) is 17.9 Å². The minimum absolute atomic E-state index is 0.114. The maximum Gasteiger partial charge on any atom is 0.245 e. The normalized spacial score (nSPS) is 23.4. The number of carbonyl (C=O) groups excluding carboxylic acids is 2. The van der Waals surface area contributed by atoms with E-state index >= 15 is 0 Å². The van der Waals surface area contributed by atoms with Crippen LogP contribution < -0.4 is 0 Å². The van der Waals surface area contributed by atoms with Crippen LogP contribution in [-0.2, 0) is 16.1 Å². The molecule has 2 fully saturated rings. The van der Waals surface area contributed by atoms with Crippen LogP contribution in [0.5, 0.6) is 0 Å². The second-order valence-electron chi connectivity index (χ2n) is 5.09. The predicted octanol–water partition coefficient (Wildman–Crippen LogP) is 1.81. The third-order valence-corrected chi connectivity index (χ3v) is 5.65. The van der Waals surface area contributed by atoms with E-state index in [9.17, 15) is 9.59 Å². The zero-order valence-corrected chi connectivity index (χ0v) is 12.9. The summed E-state index contributed by atoms with van der Waals surface area (Å²) in [4.78, 5) is 29.5. The quantitative estimate of drug-likeness (QED) is 0.855. The SMILES string of the molecule is O=C([C@@H]1CCC(=O)N1Cc1cccs1)N1CCSCC1. The molecule has 1 aromatic rings. The number of thioether (sulfide) groups is 1. The molecule has 1 atom stereocenters. The van der Waals surface area contributed by atoms with Gasteiger partial charge in [0, 0.05) is 35.9 Å². The van der Waals surface area contributed by atoms with Crippen LogP contribution in [0.3, 0.4) is 0 Å². The summed E-state index contributed by atoms with van der Waals surface area (Å²) in [5.74, 6) is 2.28. The Morgan fingerprint density at radius 2 is 2.15 bits per heavy atom. The van der Waals surface area contributed by atoms with Gasteiger partial charge in [0.05, 0.1) is 6.54 Å². The molecule has 0 N–H and O–H groups in total. The van der Waals surface area contributed by atoms with Crippen LogP contribution >= 0.6 is 23.1 Å². The summed E-state index contributed by atoms with van der Waals surface area (Å²) in [7, 11) is 0. The molecule has 0 radical (unpaired) electrons. The van der Waals surface area contributed by atoms with Gasteiger partial charge >= 0.3 is 0 Å². The Kier molecular flexibility index (Phi) is 4.31. The van der Waals surface area contributed by atoms with Gasteiger partial charge in [-0.1, -0.05) is 6.07 Å². The smallest absolute Gasteiger partial charge is 0.245 e. The van der Waals surface area contributed by atoms with Crippen molar-refractivity contribution in [3.8, 4) is 0 Å². The van der Waals surface area contributed by atoms with E-state index in [4.69, 9.17) is 0 Å². The van der Waals surface area contributed by atoms with Crippen molar-refractivity contribution in [1.29, 1.82) is 0 Å². The fraction of sp³-hybridized carbons (Fsp3) is 0.571. The van der Waals surface area contributed by atoms with Gasteiger partial charge in [-0.2, -0.15) is 11.8 Å². The van der Waals surface area contributed by atoms with Crippen LogP contribution in [0.15, 0.2) is 17.5 Å². The zero-order chi connectivity index (χ0) is 13.9. The lowest BCUT2D eigenvalue weighted by atomic mass is 10.2. The Morgan fingerprint density at radius 1 is 1.35 bits per heavy atom. The second-order valence-corrected chi connectivity index (χ2v) is 7.35. The van der Waals surface area contributed by atoms with Gasteiger partial charge in [-0.3, -0.25) is 9.59 Å². The van der Waals surface area contributed by atoms with Crippen molar-refractivity contribution >= 4 is 34.9 Å². The third-order valence-electron chi connectivity index (χ3n) is 3.84. The first-order valence-electron chi connectivity index (χ1n) is 6.94. The van der Waals surface area contributed by atoms with Gasteiger partial charge in [0.1, 0.15) is 6.04 Å². The monoisotopic (exact) mass is 310 g/mol. The summed E-state index contributed by atoms with van der Waals surface area (Å²) < 4.78 is 0. The van der Waals surface area contributed by atoms with Crippen LogP contribution in [0.2, 0.25) is 0 Å². The van der Waals surface area contributed by atoms with E-state index in [-0.39, 0.29) is 17.9 Å². The van der Waals surface area contributed by atoms with Crippen LogP contribution in [-0.4, -0.2) is 52.3 Å². The van der Waals surface area contributed by atoms with E-state index < -0.39 is 0 Å². The Labute approximate surface area is 127 Å². The van der Waals surface area contributed by atoms with E-state index in [0.29, 0.717) is 19.4 Å². The van der Waals surface area contributed by atoms with Gasteiger partial charge in [-0.15, -0.1) is 11.3 Å². The maximum atomic E-state index is 12.6. The highest BCUT2D eigenvalue weighted by molar-refractivity contribution is 7.99. The number of amides is 2. The molecule has 4 nitrogen and oxygen atoms in total. The van der Waals surface area contributed by atoms with Crippen molar-refractivity contribution in [2.75, 3.05) is 24.6 Å². The molecule has 0 bridgehead atoms. The maximum absolute atomic E-state index is 12.6. The Hall–Kier alpha value is -1.01. The van der Waals surface area contributed by atoms with Crippen molar-refractivity contribution < 1.29 is 9.59 Å². The molecule has 20 heavy (non-hydrogen) atoms. The van der Waals surface area contributed by atoms with Crippen LogP contribution in [0.1, 0.15) is 17.7 Å². The highest BCUT2D eigenvalue weighted by atomic mass is 32.2. The standard InChI is InChI=1S/C14H18N2O2S2/c17-13-4-3-12(14(18)15-5-8-19-9-6-15)16(13)10-11-2-1-7-20-11/h1-2,7,12H,3-6,8-10H2/t12-/m0/s1. The lowest BCUT2D eigenvalue weighted by Crippen LogP contribution is -2.49. The van der Waals surface area contributed by atoms with Gasteiger partial charge in [-0.25, -0.2) is 0 Å². The molecule has 2 saturated heterocycles. The third kappa shape index (κ3) is 2.86. The average molecular weight is 310 g/mol. The molecule has 0 unspecified atom stereocenters. The van der Waals surface area contributed by atoms with E-state index in [0.717, 1.165) is 29.5 Å². The number of rotatable bonds is 3. The molecule has 1 aromatic heterocycles. The van der Waals surface area contributed by atoms with Crippen molar-refractivity contribution in [1.82, 2.24) is 9.80 Å². The van der Waals surface area contributed by atoms with Crippen LogP contribution in [0.4, 0.5) is 0 Å². The molecule has 0 aromatic carbocycles. The van der Waals surface area contributed by atoms with Crippen LogP contribution in [0.25, 0.3) is 0 Å². The largest absolute Gasteiger partial charge is 0.339 e. The second kappa shape index (κ2) is 6.18. The lowest BCUT2D eigenvalue weighted by Gasteiger charge is -2.32. The molecule has 3 heterocycles. The number of hydrogen-bond donors (Lipinski definition) is 0. The molecule has 0 spiro atoms. The predicted molar refractivity (Wildman–Crippen MR) is 81.8 cm³/mol. The number of carbonyl (C=O) groups is 2. The molecule has 3 rings (SSSR count). The fourth-order valence-electron chi connectivity index (χ4n) is 2.75. The molecule has 2 aliphatic heterocycles. The van der Waals surface area contributed by atoms with E-state index in [2.05, 4.69) is 0 Å². The first-order valence-corrected chi connectivity index (χ1v) is 8.97. The number of nitrogens with zero attached hydrogens (tertiary/aromatic N) is 2. The Balaban J connectivity index is 1.70. The highest BCUT2D eigenvalue weighted by Gasteiger charge is 2.38. The average Bonchev–Trinajstić information content (AvgIpc) is 3.11. The van der Waals surface area contributed by atoms with E-state index in [1.807, 2.05) is 34.2 Å². The summed E-state index contributed by atoms with van der Waals surface area (Å²) in [6.07, 6.45) is 1.18. The van der Waals surface area contributed by atoms with Crippen molar-refractivity contribution in [2.24, 2.45) is 0 Å². The van der Waals surface area contributed by atoms with E-state index in [1.165, 1.54) is 0 Å². The van der Waals surface area contributed by atoms with Crippen molar-refractivity contribution in [3.63, 3.8) is 0 Å². The van der Waals surface area contributed by atoms with Gasteiger partial charge in [0.25, 0.3) is 0 Å².